The van der Waals surface area contributed by atoms with Crippen LogP contribution in [0.2, 0.25) is 5.02 Å². The maximum absolute atomic E-state index is 12.9. The fourth-order valence-corrected chi connectivity index (χ4v) is 1.82. The van der Waals surface area contributed by atoms with Crippen LogP contribution in [0.3, 0.4) is 0 Å². The van der Waals surface area contributed by atoms with E-state index in [9.17, 15) is 4.39 Å². The van der Waals surface area contributed by atoms with Crippen molar-refractivity contribution in [2.45, 2.75) is 6.61 Å². The van der Waals surface area contributed by atoms with E-state index in [1.54, 1.807) is 31.4 Å². The van der Waals surface area contributed by atoms with Gasteiger partial charge >= 0.3 is 0 Å². The molecule has 0 saturated carbocycles. The molecule has 3 nitrogen and oxygen atoms in total. The lowest BCUT2D eigenvalue weighted by Gasteiger charge is -2.12. The molecule has 2 aromatic carbocycles. The van der Waals surface area contributed by atoms with Crippen LogP contribution in [0.4, 0.5) is 10.1 Å². The third kappa shape index (κ3) is 3.29. The molecule has 0 spiro atoms. The van der Waals surface area contributed by atoms with E-state index in [2.05, 4.69) is 0 Å². The highest BCUT2D eigenvalue weighted by Gasteiger charge is 2.07. The molecule has 0 saturated heterocycles. The molecule has 0 aromatic heterocycles. The Hall–Kier alpha value is -1.94. The first-order valence-corrected chi connectivity index (χ1v) is 5.98. The predicted molar refractivity (Wildman–Crippen MR) is 73.1 cm³/mol. The Bertz CT molecular complexity index is 590. The Labute approximate surface area is 115 Å². The molecule has 0 bridgehead atoms. The molecule has 0 aliphatic rings. The van der Waals surface area contributed by atoms with Crippen molar-refractivity contribution in [1.29, 1.82) is 0 Å². The number of benzene rings is 2. The highest BCUT2D eigenvalue weighted by molar-refractivity contribution is 6.31. The third-order valence-corrected chi connectivity index (χ3v) is 2.94. The van der Waals surface area contributed by atoms with E-state index in [1.807, 2.05) is 0 Å². The van der Waals surface area contributed by atoms with Gasteiger partial charge in [0.1, 0.15) is 12.4 Å². The zero-order valence-electron chi connectivity index (χ0n) is 10.3. The van der Waals surface area contributed by atoms with Crippen LogP contribution in [0.25, 0.3) is 0 Å². The second kappa shape index (κ2) is 5.80. The van der Waals surface area contributed by atoms with Crippen LogP contribution in [0.15, 0.2) is 36.4 Å². The van der Waals surface area contributed by atoms with E-state index in [1.165, 1.54) is 12.1 Å². The molecule has 0 amide bonds. The summed E-state index contributed by atoms with van der Waals surface area (Å²) >= 11 is 5.92. The Morgan fingerprint density at radius 1 is 1.16 bits per heavy atom. The van der Waals surface area contributed by atoms with E-state index < -0.39 is 0 Å². The van der Waals surface area contributed by atoms with Crippen molar-refractivity contribution in [3.05, 3.63) is 52.8 Å². The number of nitrogen functional groups attached to an aromatic ring is 1. The van der Waals surface area contributed by atoms with Gasteiger partial charge < -0.3 is 15.2 Å². The highest BCUT2D eigenvalue weighted by Crippen LogP contribution is 2.30. The fourth-order valence-electron chi connectivity index (χ4n) is 1.60. The average molecular weight is 282 g/mol. The van der Waals surface area contributed by atoms with Crippen molar-refractivity contribution in [3.8, 4) is 11.5 Å². The minimum atomic E-state index is -0.379. The number of methoxy groups -OCH3 is 1. The van der Waals surface area contributed by atoms with Crippen molar-refractivity contribution >= 4 is 17.3 Å². The topological polar surface area (TPSA) is 44.5 Å². The van der Waals surface area contributed by atoms with Gasteiger partial charge in [0.25, 0.3) is 0 Å². The van der Waals surface area contributed by atoms with E-state index >= 15 is 0 Å². The number of nitrogens with two attached hydrogens (primary N) is 1. The summed E-state index contributed by atoms with van der Waals surface area (Å²) in [6.45, 7) is 0.207. The van der Waals surface area contributed by atoms with Crippen LogP contribution in [-0.4, -0.2) is 7.11 Å². The summed E-state index contributed by atoms with van der Waals surface area (Å²) in [5.41, 5.74) is 6.95. The average Bonchev–Trinajstić information content (AvgIpc) is 2.38. The van der Waals surface area contributed by atoms with Crippen LogP contribution < -0.4 is 15.2 Å². The number of anilines is 1. The Kier molecular flexibility index (Phi) is 4.12. The van der Waals surface area contributed by atoms with Crippen molar-refractivity contribution in [3.63, 3.8) is 0 Å². The molecule has 0 atom stereocenters. The zero-order valence-corrected chi connectivity index (χ0v) is 11.1. The largest absolute Gasteiger partial charge is 0.493 e. The molecule has 5 heteroatoms. The molecule has 0 fully saturated rings. The maximum atomic E-state index is 12.9. The summed E-state index contributed by atoms with van der Waals surface area (Å²) in [5.74, 6) is 0.714. The van der Waals surface area contributed by atoms with Gasteiger partial charge in [-0.15, -0.1) is 0 Å². The molecule has 0 radical (unpaired) electrons. The monoisotopic (exact) mass is 281 g/mol. The minimum absolute atomic E-state index is 0.207. The quantitative estimate of drug-likeness (QED) is 0.870. The summed E-state index contributed by atoms with van der Waals surface area (Å²) in [6.07, 6.45) is 0. The summed E-state index contributed by atoms with van der Waals surface area (Å²) in [4.78, 5) is 0. The first-order chi connectivity index (χ1) is 9.10. The Balaban J connectivity index is 2.16. The Morgan fingerprint density at radius 3 is 2.63 bits per heavy atom. The molecule has 0 heterocycles. The van der Waals surface area contributed by atoms with Gasteiger partial charge in [-0.2, -0.15) is 0 Å². The van der Waals surface area contributed by atoms with Gasteiger partial charge in [-0.3, -0.25) is 0 Å². The van der Waals surface area contributed by atoms with Crippen molar-refractivity contribution in [1.82, 2.24) is 0 Å². The highest BCUT2D eigenvalue weighted by atomic mass is 35.5. The van der Waals surface area contributed by atoms with E-state index in [0.717, 1.165) is 0 Å². The second-order valence-electron chi connectivity index (χ2n) is 3.93. The summed E-state index contributed by atoms with van der Waals surface area (Å²) in [5, 5.41) is 0.322. The van der Waals surface area contributed by atoms with Crippen molar-refractivity contribution in [2.75, 3.05) is 12.8 Å². The summed E-state index contributed by atoms with van der Waals surface area (Å²) < 4.78 is 23.7. The zero-order chi connectivity index (χ0) is 13.8. The first kappa shape index (κ1) is 13.5. The van der Waals surface area contributed by atoms with Crippen LogP contribution in [0.5, 0.6) is 11.5 Å². The number of hydrogen-bond donors (Lipinski definition) is 1. The maximum Gasteiger partial charge on any atom is 0.163 e. The first-order valence-electron chi connectivity index (χ1n) is 5.60. The van der Waals surface area contributed by atoms with Crippen LogP contribution >= 0.6 is 11.6 Å². The van der Waals surface area contributed by atoms with E-state index in [4.69, 9.17) is 26.8 Å². The van der Waals surface area contributed by atoms with Crippen LogP contribution in [-0.2, 0) is 6.61 Å². The van der Waals surface area contributed by atoms with Gasteiger partial charge in [-0.1, -0.05) is 17.7 Å². The van der Waals surface area contributed by atoms with Gasteiger partial charge in [0.05, 0.1) is 12.1 Å². The second-order valence-corrected chi connectivity index (χ2v) is 4.34. The smallest absolute Gasteiger partial charge is 0.163 e. The normalized spacial score (nSPS) is 10.3. The van der Waals surface area contributed by atoms with Crippen molar-refractivity contribution < 1.29 is 13.9 Å². The fraction of sp³-hybridized carbons (Fsp3) is 0.143. The molecule has 0 aliphatic heterocycles. The van der Waals surface area contributed by atoms with Gasteiger partial charge in [0.2, 0.25) is 0 Å². The SMILES string of the molecule is COc1ccc(N)cc1OCc1ccc(F)cc1Cl. The van der Waals surface area contributed by atoms with Crippen LogP contribution in [0, 0.1) is 5.82 Å². The lowest BCUT2D eigenvalue weighted by molar-refractivity contribution is 0.284. The summed E-state index contributed by atoms with van der Waals surface area (Å²) in [6, 6.07) is 9.26. The van der Waals surface area contributed by atoms with Gasteiger partial charge in [0.15, 0.2) is 11.5 Å². The lowest BCUT2D eigenvalue weighted by atomic mass is 10.2. The van der Waals surface area contributed by atoms with Crippen molar-refractivity contribution in [2.24, 2.45) is 0 Å². The third-order valence-electron chi connectivity index (χ3n) is 2.59. The minimum Gasteiger partial charge on any atom is -0.493 e. The molecule has 0 aliphatic carbocycles. The molecule has 2 rings (SSSR count). The molecular weight excluding hydrogens is 269 g/mol. The number of ether oxygens (including phenoxy) is 2. The number of halogens is 2. The molecule has 100 valence electrons. The molecule has 0 unspecified atom stereocenters. The number of rotatable bonds is 4. The van der Waals surface area contributed by atoms with Gasteiger partial charge in [0, 0.05) is 17.3 Å². The van der Waals surface area contributed by atoms with E-state index in [-0.39, 0.29) is 12.4 Å². The van der Waals surface area contributed by atoms with Gasteiger partial charge in [-0.25, -0.2) is 4.39 Å². The predicted octanol–water partition coefficient (Wildman–Crippen LogP) is 3.65. The van der Waals surface area contributed by atoms with E-state index in [0.29, 0.717) is 27.8 Å². The van der Waals surface area contributed by atoms with Gasteiger partial charge in [-0.05, 0) is 24.3 Å². The summed E-state index contributed by atoms with van der Waals surface area (Å²) in [7, 11) is 1.54. The standard InChI is InChI=1S/C14H13ClFNO2/c1-18-13-5-4-11(17)7-14(13)19-8-9-2-3-10(16)6-12(9)15/h2-7H,8,17H2,1H3. The number of hydrogen-bond acceptors (Lipinski definition) is 3. The Morgan fingerprint density at radius 2 is 1.95 bits per heavy atom. The molecule has 19 heavy (non-hydrogen) atoms. The molecule has 2 N–H and O–H groups in total. The van der Waals surface area contributed by atoms with Crippen LogP contribution in [0.1, 0.15) is 5.56 Å². The molecule has 2 aromatic rings. The molecular formula is C14H13ClFNO2. The lowest BCUT2D eigenvalue weighted by Crippen LogP contribution is -1.99.